The molecule has 1 aromatic heterocycles. The van der Waals surface area contributed by atoms with Crippen molar-refractivity contribution in [3.63, 3.8) is 0 Å². The van der Waals surface area contributed by atoms with Crippen molar-refractivity contribution >= 4 is 48.7 Å². The first-order valence-corrected chi connectivity index (χ1v) is 13.9. The molecule has 5 aromatic rings. The van der Waals surface area contributed by atoms with Crippen LogP contribution in [0.5, 0.6) is 0 Å². The van der Waals surface area contributed by atoms with E-state index in [4.69, 9.17) is 4.98 Å². The first kappa shape index (κ1) is 26.1. The fourth-order valence-corrected chi connectivity index (χ4v) is 5.15. The number of benzene rings is 4. The molecule has 0 aliphatic carbocycles. The highest BCUT2D eigenvalue weighted by Crippen LogP contribution is 2.30. The van der Waals surface area contributed by atoms with Crippen LogP contribution in [0.1, 0.15) is 41.1 Å². The summed E-state index contributed by atoms with van der Waals surface area (Å²) in [7, 11) is 0. The molecule has 4 aromatic carbocycles. The van der Waals surface area contributed by atoms with Gasteiger partial charge in [0.05, 0.1) is 22.6 Å². The summed E-state index contributed by atoms with van der Waals surface area (Å²) < 4.78 is 3.46. The van der Waals surface area contributed by atoms with Gasteiger partial charge in [0, 0.05) is 21.1 Å². The third-order valence-electron chi connectivity index (χ3n) is 6.50. The second-order valence-electron chi connectivity index (χ2n) is 8.95. The number of carbonyl (C=O) groups is 1. The third-order valence-corrected chi connectivity index (χ3v) is 7.55. The molecule has 1 amide bonds. The van der Waals surface area contributed by atoms with E-state index in [1.54, 1.807) is 10.6 Å². The summed E-state index contributed by atoms with van der Waals surface area (Å²) in [5, 5.41) is 0.530. The van der Waals surface area contributed by atoms with Crippen molar-refractivity contribution in [3.05, 3.63) is 139 Å². The van der Waals surface area contributed by atoms with E-state index in [1.807, 2.05) is 109 Å². The highest BCUT2D eigenvalue weighted by molar-refractivity contribution is 9.10. The number of amides is 1. The Morgan fingerprint density at radius 2 is 1.45 bits per heavy atom. The molecule has 0 aliphatic heterocycles. The van der Waals surface area contributed by atoms with Crippen molar-refractivity contribution in [2.24, 2.45) is 0 Å². The van der Waals surface area contributed by atoms with Gasteiger partial charge in [0.25, 0.3) is 11.5 Å². The third kappa shape index (κ3) is 5.35. The Balaban J connectivity index is 1.73. The maximum atomic E-state index is 14.1. The molecule has 0 spiro atoms. The lowest BCUT2D eigenvalue weighted by molar-refractivity contribution is 0.0640. The van der Waals surface area contributed by atoms with Gasteiger partial charge in [-0.15, -0.1) is 0 Å². The molecule has 0 aliphatic rings. The lowest BCUT2D eigenvalue weighted by Gasteiger charge is -2.32. The van der Waals surface area contributed by atoms with Gasteiger partial charge < -0.3 is 4.90 Å². The minimum absolute atomic E-state index is 0.127. The first-order valence-electron chi connectivity index (χ1n) is 12.3. The van der Waals surface area contributed by atoms with Gasteiger partial charge >= 0.3 is 0 Å². The van der Waals surface area contributed by atoms with E-state index in [9.17, 15) is 9.59 Å². The number of hydrogen-bond acceptors (Lipinski definition) is 3. The Morgan fingerprint density at radius 3 is 2.11 bits per heavy atom. The second-order valence-corrected chi connectivity index (χ2v) is 10.8. The zero-order valence-electron chi connectivity index (χ0n) is 20.7. The molecule has 0 N–H and O–H groups in total. The number of halogens is 2. The lowest BCUT2D eigenvalue weighted by Crippen LogP contribution is -2.38. The largest absolute Gasteiger partial charge is 0.324 e. The molecule has 1 atom stereocenters. The molecule has 190 valence electrons. The summed E-state index contributed by atoms with van der Waals surface area (Å²) >= 11 is 6.95. The SMILES string of the molecule is CCC(c1nc2ccccc2c(=O)n1-c1ccc(Br)cc1)N(Cc1ccccc1)C(=O)c1ccc(Br)cc1. The van der Waals surface area contributed by atoms with Crippen molar-refractivity contribution in [1.82, 2.24) is 14.5 Å². The standard InChI is InChI=1S/C31H25Br2N3O2/c1-2-28(35(20-21-8-4-3-5-9-21)30(37)22-12-14-23(32)15-13-22)29-34-27-11-7-6-10-26(27)31(38)36(29)25-18-16-24(33)17-19-25/h3-19,28H,2,20H2,1H3. The minimum atomic E-state index is -0.465. The maximum absolute atomic E-state index is 14.1. The van der Waals surface area contributed by atoms with Crippen LogP contribution in [0.2, 0.25) is 0 Å². The summed E-state index contributed by atoms with van der Waals surface area (Å²) in [6, 6.07) is 31.7. The van der Waals surface area contributed by atoms with Gasteiger partial charge in [-0.3, -0.25) is 14.2 Å². The Hall–Kier alpha value is -3.55. The molecule has 5 nitrogen and oxygen atoms in total. The average molecular weight is 631 g/mol. The Morgan fingerprint density at radius 1 is 0.842 bits per heavy atom. The van der Waals surface area contributed by atoms with Gasteiger partial charge in [-0.25, -0.2) is 4.98 Å². The molecule has 0 saturated carbocycles. The molecule has 38 heavy (non-hydrogen) atoms. The van der Waals surface area contributed by atoms with Gasteiger partial charge in [-0.05, 0) is 72.6 Å². The van der Waals surface area contributed by atoms with Crippen LogP contribution in [-0.4, -0.2) is 20.4 Å². The molecule has 7 heteroatoms. The summed E-state index contributed by atoms with van der Waals surface area (Å²) in [6.07, 6.45) is 0.566. The second kappa shape index (κ2) is 11.5. The highest BCUT2D eigenvalue weighted by Gasteiger charge is 2.30. The van der Waals surface area contributed by atoms with Gasteiger partial charge in [-0.2, -0.15) is 0 Å². The highest BCUT2D eigenvalue weighted by atomic mass is 79.9. The van der Waals surface area contributed by atoms with E-state index in [2.05, 4.69) is 31.9 Å². The van der Waals surface area contributed by atoms with Crippen LogP contribution >= 0.6 is 31.9 Å². The summed E-state index contributed by atoms with van der Waals surface area (Å²) in [5.74, 6) is 0.401. The van der Waals surface area contributed by atoms with E-state index in [-0.39, 0.29) is 11.5 Å². The Kier molecular flexibility index (Phi) is 7.86. The van der Waals surface area contributed by atoms with Crippen LogP contribution in [-0.2, 0) is 6.54 Å². The lowest BCUT2D eigenvalue weighted by atomic mass is 10.1. The van der Waals surface area contributed by atoms with Crippen LogP contribution in [0.3, 0.4) is 0 Å². The van der Waals surface area contributed by atoms with E-state index < -0.39 is 6.04 Å². The molecule has 1 unspecified atom stereocenters. The Bertz CT molecular complexity index is 1630. The van der Waals surface area contributed by atoms with Gasteiger partial charge in [0.2, 0.25) is 0 Å². The summed E-state index contributed by atoms with van der Waals surface area (Å²) in [4.78, 5) is 34.8. The fourth-order valence-electron chi connectivity index (χ4n) is 4.62. The van der Waals surface area contributed by atoms with Gasteiger partial charge in [0.1, 0.15) is 5.82 Å². The van der Waals surface area contributed by atoms with E-state index >= 15 is 0 Å². The minimum Gasteiger partial charge on any atom is -0.324 e. The number of carbonyl (C=O) groups excluding carboxylic acids is 1. The van der Waals surface area contributed by atoms with Crippen LogP contribution in [0.25, 0.3) is 16.6 Å². The van der Waals surface area contributed by atoms with Crippen LogP contribution < -0.4 is 5.56 Å². The van der Waals surface area contributed by atoms with Crippen molar-refractivity contribution < 1.29 is 4.79 Å². The van der Waals surface area contributed by atoms with E-state index in [0.717, 1.165) is 14.5 Å². The molecule has 0 bridgehead atoms. The summed E-state index contributed by atoms with van der Waals surface area (Å²) in [5.41, 5.74) is 2.70. The van der Waals surface area contributed by atoms with Crippen molar-refractivity contribution in [1.29, 1.82) is 0 Å². The quantitative estimate of drug-likeness (QED) is 0.185. The molecular weight excluding hydrogens is 606 g/mol. The van der Waals surface area contributed by atoms with Crippen molar-refractivity contribution in [2.45, 2.75) is 25.9 Å². The van der Waals surface area contributed by atoms with Gasteiger partial charge in [0.15, 0.2) is 0 Å². The number of rotatable bonds is 7. The molecule has 0 saturated heterocycles. The topological polar surface area (TPSA) is 55.2 Å². The van der Waals surface area contributed by atoms with Crippen LogP contribution in [0.4, 0.5) is 0 Å². The first-order chi connectivity index (χ1) is 18.5. The predicted molar refractivity (Wildman–Crippen MR) is 159 cm³/mol. The van der Waals surface area contributed by atoms with Crippen molar-refractivity contribution in [2.75, 3.05) is 0 Å². The van der Waals surface area contributed by atoms with Crippen LogP contribution in [0, 0.1) is 0 Å². The molecular formula is C31H25Br2N3O2. The zero-order valence-corrected chi connectivity index (χ0v) is 23.9. The van der Waals surface area contributed by atoms with E-state index in [0.29, 0.717) is 40.9 Å². The summed E-state index contributed by atoms with van der Waals surface area (Å²) in [6.45, 7) is 2.39. The molecule has 0 radical (unpaired) electrons. The number of nitrogens with zero attached hydrogens (tertiary/aromatic N) is 3. The predicted octanol–water partition coefficient (Wildman–Crippen LogP) is 7.70. The number of hydrogen-bond donors (Lipinski definition) is 0. The van der Waals surface area contributed by atoms with Gasteiger partial charge in [-0.1, -0.05) is 81.2 Å². The smallest absolute Gasteiger partial charge is 0.266 e. The zero-order chi connectivity index (χ0) is 26.6. The normalized spacial score (nSPS) is 11.9. The van der Waals surface area contributed by atoms with E-state index in [1.165, 1.54) is 0 Å². The number of aromatic nitrogens is 2. The number of para-hydroxylation sites is 1. The average Bonchev–Trinajstić information content (AvgIpc) is 2.94. The molecule has 1 heterocycles. The van der Waals surface area contributed by atoms with Crippen molar-refractivity contribution in [3.8, 4) is 5.69 Å². The Labute approximate surface area is 238 Å². The monoisotopic (exact) mass is 629 g/mol. The maximum Gasteiger partial charge on any atom is 0.266 e. The molecule has 5 rings (SSSR count). The molecule has 0 fully saturated rings. The fraction of sp³-hybridized carbons (Fsp3) is 0.129. The number of fused-ring (bicyclic) bond motifs is 1. The van der Waals surface area contributed by atoms with Crippen LogP contribution in [0.15, 0.2) is 117 Å².